The number of benzene rings is 1. The molecule has 1 aliphatic heterocycles. The topological polar surface area (TPSA) is 117 Å². The Bertz CT molecular complexity index is 1420. The Balaban J connectivity index is 1.47. The van der Waals surface area contributed by atoms with Crippen LogP contribution in [0.25, 0.3) is 5.95 Å². The first-order chi connectivity index (χ1) is 15.5. The predicted molar refractivity (Wildman–Crippen MR) is 107 cm³/mol. The van der Waals surface area contributed by atoms with Crippen LogP contribution >= 0.6 is 0 Å². The fourth-order valence-corrected chi connectivity index (χ4v) is 3.66. The minimum Gasteiger partial charge on any atom is -0.381 e. The van der Waals surface area contributed by atoms with E-state index in [1.54, 1.807) is 23.1 Å². The van der Waals surface area contributed by atoms with Crippen LogP contribution in [0.5, 0.6) is 0 Å². The number of H-pyrrole nitrogens is 1. The lowest BCUT2D eigenvalue weighted by atomic mass is 10.1. The number of nitrogens with zero attached hydrogens (tertiary/aromatic N) is 6. The zero-order valence-corrected chi connectivity index (χ0v) is 16.5. The Kier molecular flexibility index (Phi) is 4.74. The number of nitrogens with one attached hydrogen (secondary N) is 1. The summed E-state index contributed by atoms with van der Waals surface area (Å²) in [6.07, 6.45) is 2.93. The summed E-state index contributed by atoms with van der Waals surface area (Å²) in [5, 5.41) is 16.1. The normalized spacial score (nSPS) is 13.1. The molecule has 0 amide bonds. The number of anilines is 1. The molecule has 0 aliphatic carbocycles. The van der Waals surface area contributed by atoms with Crippen molar-refractivity contribution >= 4 is 5.82 Å². The van der Waals surface area contributed by atoms with Crippen molar-refractivity contribution in [1.29, 1.82) is 5.26 Å². The lowest BCUT2D eigenvalue weighted by Crippen LogP contribution is -2.33. The zero-order chi connectivity index (χ0) is 22.2. The highest BCUT2D eigenvalue weighted by molar-refractivity contribution is 5.44. The van der Waals surface area contributed by atoms with Gasteiger partial charge in [0.25, 0.3) is 11.5 Å². The molecule has 1 aromatic carbocycles. The molecule has 0 bridgehead atoms. The molecule has 0 spiro atoms. The van der Waals surface area contributed by atoms with Gasteiger partial charge in [-0.05, 0) is 18.1 Å². The van der Waals surface area contributed by atoms with Crippen molar-refractivity contribution in [2.75, 3.05) is 11.4 Å². The first-order valence-corrected chi connectivity index (χ1v) is 9.72. The van der Waals surface area contributed by atoms with Gasteiger partial charge in [-0.15, -0.1) is 0 Å². The molecule has 0 saturated heterocycles. The van der Waals surface area contributed by atoms with Gasteiger partial charge in [-0.1, -0.05) is 18.2 Å². The Morgan fingerprint density at radius 2 is 2.09 bits per heavy atom. The van der Waals surface area contributed by atoms with E-state index in [2.05, 4.69) is 20.2 Å². The third kappa shape index (κ3) is 3.41. The second-order valence-corrected chi connectivity index (χ2v) is 7.26. The second-order valence-electron chi connectivity index (χ2n) is 7.26. The minimum absolute atomic E-state index is 0.0224. The quantitative estimate of drug-likeness (QED) is 0.523. The van der Waals surface area contributed by atoms with Crippen LogP contribution in [0.15, 0.2) is 46.0 Å². The highest BCUT2D eigenvalue weighted by Crippen LogP contribution is 2.24. The van der Waals surface area contributed by atoms with Gasteiger partial charge < -0.3 is 9.42 Å². The van der Waals surface area contributed by atoms with Crippen molar-refractivity contribution < 1.29 is 13.3 Å². The van der Waals surface area contributed by atoms with Crippen LogP contribution in [-0.4, -0.2) is 31.4 Å². The van der Waals surface area contributed by atoms with Crippen molar-refractivity contribution in [1.82, 2.24) is 24.9 Å². The van der Waals surface area contributed by atoms with Gasteiger partial charge in [0.1, 0.15) is 11.9 Å². The second kappa shape index (κ2) is 7.73. The molecule has 160 valence electrons. The molecule has 1 N–H and O–H groups in total. The van der Waals surface area contributed by atoms with Crippen molar-refractivity contribution in [3.05, 3.63) is 86.8 Å². The van der Waals surface area contributed by atoms with Crippen LogP contribution in [0.1, 0.15) is 28.1 Å². The highest BCUT2D eigenvalue weighted by Gasteiger charge is 2.26. The zero-order valence-electron chi connectivity index (χ0n) is 16.5. The summed E-state index contributed by atoms with van der Waals surface area (Å²) < 4.78 is 35.0. The van der Waals surface area contributed by atoms with Crippen LogP contribution in [0.2, 0.25) is 0 Å². The number of nitriles is 1. The fourth-order valence-electron chi connectivity index (χ4n) is 3.66. The molecule has 0 saturated carbocycles. The number of aromatic nitrogens is 5. The van der Waals surface area contributed by atoms with E-state index in [9.17, 15) is 18.8 Å². The van der Waals surface area contributed by atoms with Gasteiger partial charge in [-0.25, -0.2) is 18.4 Å². The third-order valence-electron chi connectivity index (χ3n) is 5.29. The van der Waals surface area contributed by atoms with E-state index in [1.165, 1.54) is 16.9 Å². The summed E-state index contributed by atoms with van der Waals surface area (Å²) in [6, 6.07) is 8.28. The van der Waals surface area contributed by atoms with E-state index in [1.807, 2.05) is 6.07 Å². The van der Waals surface area contributed by atoms with Crippen LogP contribution in [0.3, 0.4) is 0 Å². The first kappa shape index (κ1) is 19.6. The molecule has 4 aromatic rings. The van der Waals surface area contributed by atoms with Gasteiger partial charge in [0.15, 0.2) is 17.4 Å². The number of fused-ring (bicyclic) bond motifs is 1. The highest BCUT2D eigenvalue weighted by atomic mass is 19.1. The van der Waals surface area contributed by atoms with Gasteiger partial charge in [0, 0.05) is 13.0 Å². The van der Waals surface area contributed by atoms with Gasteiger partial charge in [0.2, 0.25) is 0 Å². The molecule has 1 aliphatic rings. The number of aromatic amines is 1. The van der Waals surface area contributed by atoms with E-state index in [4.69, 9.17) is 4.52 Å². The molecular weight excluding hydrogens is 420 g/mol. The monoisotopic (exact) mass is 435 g/mol. The van der Waals surface area contributed by atoms with E-state index < -0.39 is 11.6 Å². The fraction of sp³-hybridized carbons (Fsp3) is 0.190. The minimum atomic E-state index is -0.644. The summed E-state index contributed by atoms with van der Waals surface area (Å²) in [5.41, 5.74) is 1.24. The van der Waals surface area contributed by atoms with Crippen molar-refractivity contribution in [3.63, 3.8) is 0 Å². The lowest BCUT2D eigenvalue weighted by Gasteiger charge is -2.26. The number of rotatable bonds is 4. The van der Waals surface area contributed by atoms with Gasteiger partial charge >= 0.3 is 0 Å². The molecule has 5 rings (SSSR count). The first-order valence-electron chi connectivity index (χ1n) is 9.72. The van der Waals surface area contributed by atoms with Crippen LogP contribution < -0.4 is 10.5 Å². The molecule has 0 radical (unpaired) electrons. The van der Waals surface area contributed by atoms with Crippen molar-refractivity contribution in [2.45, 2.75) is 19.4 Å². The smallest absolute Gasteiger partial charge is 0.283 e. The number of hydrogen-bond donors (Lipinski definition) is 1. The molecule has 9 nitrogen and oxygen atoms in total. The van der Waals surface area contributed by atoms with E-state index in [-0.39, 0.29) is 35.9 Å². The van der Waals surface area contributed by atoms with Crippen molar-refractivity contribution in [2.24, 2.45) is 0 Å². The van der Waals surface area contributed by atoms with E-state index >= 15 is 0 Å². The molecule has 4 heterocycles. The average molecular weight is 435 g/mol. The van der Waals surface area contributed by atoms with Gasteiger partial charge in [-0.2, -0.15) is 20.5 Å². The molecule has 0 fully saturated rings. The summed E-state index contributed by atoms with van der Waals surface area (Å²) in [7, 11) is 0. The molecule has 3 aromatic heterocycles. The SMILES string of the molecule is N#Cc1cn(-c2ncc(F)c(N3CCc4c(o[nH]c4=O)C3)n2)nc1Cc1ccccc1F. The number of halogens is 2. The van der Waals surface area contributed by atoms with Crippen LogP contribution in [-0.2, 0) is 19.4 Å². The Hall–Kier alpha value is -4.33. The Labute approximate surface area is 179 Å². The standard InChI is InChI=1S/C21H15F2N7O2/c22-15-4-2-1-3-12(15)7-17-13(8-24)10-30(27-17)21-25-9-16(23)19(26-21)29-6-5-14-18(11-29)32-28-20(14)31/h1-4,9-10H,5-7,11H2,(H,28,31). The maximum absolute atomic E-state index is 14.5. The van der Waals surface area contributed by atoms with Gasteiger partial charge in [-0.3, -0.25) is 4.79 Å². The maximum Gasteiger partial charge on any atom is 0.283 e. The summed E-state index contributed by atoms with van der Waals surface area (Å²) in [4.78, 5) is 21.6. The summed E-state index contributed by atoms with van der Waals surface area (Å²) in [6.45, 7) is 0.534. The van der Waals surface area contributed by atoms with Crippen LogP contribution in [0, 0.1) is 23.0 Å². The Morgan fingerprint density at radius 3 is 2.91 bits per heavy atom. The van der Waals surface area contributed by atoms with Crippen LogP contribution in [0.4, 0.5) is 14.6 Å². The summed E-state index contributed by atoms with van der Waals surface area (Å²) in [5.74, 6) is -0.534. The maximum atomic E-state index is 14.5. The van der Waals surface area contributed by atoms with E-state index in [0.29, 0.717) is 35.5 Å². The Morgan fingerprint density at radius 1 is 1.25 bits per heavy atom. The van der Waals surface area contributed by atoms with E-state index in [0.717, 1.165) is 6.20 Å². The average Bonchev–Trinajstić information content (AvgIpc) is 3.38. The largest absolute Gasteiger partial charge is 0.381 e. The molecular formula is C21H15F2N7O2. The lowest BCUT2D eigenvalue weighted by molar-refractivity contribution is 0.370. The molecule has 32 heavy (non-hydrogen) atoms. The van der Waals surface area contributed by atoms with Gasteiger partial charge in [0.05, 0.1) is 35.8 Å². The van der Waals surface area contributed by atoms with Crippen molar-refractivity contribution in [3.8, 4) is 12.0 Å². The molecule has 0 unspecified atom stereocenters. The third-order valence-corrected chi connectivity index (χ3v) is 5.29. The summed E-state index contributed by atoms with van der Waals surface area (Å²) >= 11 is 0. The molecule has 0 atom stereocenters. The molecule has 11 heteroatoms. The number of hydrogen-bond acceptors (Lipinski definition) is 7. The predicted octanol–water partition coefficient (Wildman–Crippen LogP) is 2.25.